The Kier molecular flexibility index (Phi) is 5.58. The molecular weight excluding hydrogens is 300 g/mol. The SMILES string of the molecule is CC(C)(C)OC(=O)N1CCC[C@H]1CNCC(=O)c1cccs1. The molecule has 0 aliphatic carbocycles. The largest absolute Gasteiger partial charge is 0.444 e. The van der Waals surface area contributed by atoms with Gasteiger partial charge < -0.3 is 15.0 Å². The minimum absolute atomic E-state index is 0.0943. The molecule has 0 bridgehead atoms. The highest BCUT2D eigenvalue weighted by molar-refractivity contribution is 7.12. The summed E-state index contributed by atoms with van der Waals surface area (Å²) in [4.78, 5) is 26.6. The van der Waals surface area contributed by atoms with Gasteiger partial charge in [-0.2, -0.15) is 0 Å². The van der Waals surface area contributed by atoms with E-state index in [4.69, 9.17) is 4.74 Å². The molecule has 22 heavy (non-hydrogen) atoms. The fourth-order valence-electron chi connectivity index (χ4n) is 2.49. The molecule has 1 aromatic rings. The summed E-state index contributed by atoms with van der Waals surface area (Å²) in [5, 5.41) is 5.07. The first-order valence-electron chi connectivity index (χ1n) is 7.64. The molecule has 0 aromatic carbocycles. The molecule has 1 aliphatic rings. The molecule has 1 N–H and O–H groups in total. The van der Waals surface area contributed by atoms with E-state index in [0.29, 0.717) is 13.1 Å². The summed E-state index contributed by atoms with van der Waals surface area (Å²) in [6.07, 6.45) is 1.66. The second-order valence-electron chi connectivity index (χ2n) is 6.50. The minimum Gasteiger partial charge on any atom is -0.444 e. The maximum absolute atomic E-state index is 12.2. The monoisotopic (exact) mass is 324 g/mol. The van der Waals surface area contributed by atoms with E-state index in [9.17, 15) is 9.59 Å². The smallest absolute Gasteiger partial charge is 0.410 e. The molecule has 0 radical (unpaired) electrons. The number of carbonyl (C=O) groups excluding carboxylic acids is 2. The standard InChI is InChI=1S/C16H24N2O3S/c1-16(2,3)21-15(20)18-8-4-6-12(18)10-17-11-13(19)14-7-5-9-22-14/h5,7,9,12,17H,4,6,8,10-11H2,1-3H3/t12-/m0/s1. The number of thiophene rings is 1. The minimum atomic E-state index is -0.479. The number of ketones is 1. The van der Waals surface area contributed by atoms with Crippen LogP contribution in [0.2, 0.25) is 0 Å². The summed E-state index contributed by atoms with van der Waals surface area (Å²) in [5.74, 6) is 0.0943. The van der Waals surface area contributed by atoms with Gasteiger partial charge in [-0.3, -0.25) is 4.79 Å². The van der Waals surface area contributed by atoms with Gasteiger partial charge in [0.1, 0.15) is 5.60 Å². The maximum atomic E-state index is 12.2. The molecule has 6 heteroatoms. The predicted molar refractivity (Wildman–Crippen MR) is 87.5 cm³/mol. The molecule has 1 amide bonds. The van der Waals surface area contributed by atoms with E-state index in [1.807, 2.05) is 38.3 Å². The van der Waals surface area contributed by atoms with Crippen molar-refractivity contribution in [2.24, 2.45) is 0 Å². The van der Waals surface area contributed by atoms with Crippen molar-refractivity contribution < 1.29 is 14.3 Å². The topological polar surface area (TPSA) is 58.6 Å². The van der Waals surface area contributed by atoms with Gasteiger partial charge in [-0.25, -0.2) is 4.79 Å². The van der Waals surface area contributed by atoms with E-state index in [2.05, 4.69) is 5.32 Å². The van der Waals surface area contributed by atoms with Crippen molar-refractivity contribution in [3.05, 3.63) is 22.4 Å². The summed E-state index contributed by atoms with van der Waals surface area (Å²) < 4.78 is 5.43. The van der Waals surface area contributed by atoms with Crippen LogP contribution in [0.3, 0.4) is 0 Å². The number of hydrogen-bond donors (Lipinski definition) is 1. The molecule has 0 spiro atoms. The number of likely N-dealkylation sites (tertiary alicyclic amines) is 1. The summed E-state index contributed by atoms with van der Waals surface area (Å²) in [7, 11) is 0. The first-order chi connectivity index (χ1) is 10.4. The van der Waals surface area contributed by atoms with E-state index >= 15 is 0 Å². The molecule has 2 heterocycles. The van der Waals surface area contributed by atoms with Crippen LogP contribution >= 0.6 is 11.3 Å². The molecule has 0 saturated carbocycles. The number of ether oxygens (including phenoxy) is 1. The Morgan fingerprint density at radius 1 is 1.45 bits per heavy atom. The lowest BCUT2D eigenvalue weighted by molar-refractivity contribution is 0.0227. The number of rotatable bonds is 5. The fourth-order valence-corrected chi connectivity index (χ4v) is 3.15. The lowest BCUT2D eigenvalue weighted by Crippen LogP contribution is -2.44. The van der Waals surface area contributed by atoms with E-state index in [1.54, 1.807) is 4.90 Å². The first kappa shape index (κ1) is 17.0. The summed E-state index contributed by atoms with van der Waals surface area (Å²) in [6.45, 7) is 7.26. The summed E-state index contributed by atoms with van der Waals surface area (Å²) >= 11 is 1.45. The molecule has 1 aliphatic heterocycles. The van der Waals surface area contributed by atoms with Crippen molar-refractivity contribution in [2.75, 3.05) is 19.6 Å². The van der Waals surface area contributed by atoms with Crippen LogP contribution in [0.15, 0.2) is 17.5 Å². The first-order valence-corrected chi connectivity index (χ1v) is 8.52. The molecule has 2 rings (SSSR count). The van der Waals surface area contributed by atoms with Crippen LogP contribution in [0.25, 0.3) is 0 Å². The highest BCUT2D eigenvalue weighted by Gasteiger charge is 2.31. The lowest BCUT2D eigenvalue weighted by atomic mass is 10.2. The van der Waals surface area contributed by atoms with Gasteiger partial charge >= 0.3 is 6.09 Å². The van der Waals surface area contributed by atoms with Crippen LogP contribution in [0.1, 0.15) is 43.3 Å². The zero-order chi connectivity index (χ0) is 16.2. The van der Waals surface area contributed by atoms with E-state index in [0.717, 1.165) is 24.3 Å². The molecule has 1 fully saturated rings. The number of nitrogens with one attached hydrogen (secondary N) is 1. The Morgan fingerprint density at radius 2 is 2.23 bits per heavy atom. The van der Waals surface area contributed by atoms with Crippen molar-refractivity contribution in [3.8, 4) is 0 Å². The van der Waals surface area contributed by atoms with Crippen LogP contribution in [-0.4, -0.2) is 48.1 Å². The van der Waals surface area contributed by atoms with Gasteiger partial charge in [-0.1, -0.05) is 6.07 Å². The number of amides is 1. The average molecular weight is 324 g/mol. The summed E-state index contributed by atoms with van der Waals surface area (Å²) in [6, 6.07) is 3.81. The van der Waals surface area contributed by atoms with Crippen LogP contribution in [0, 0.1) is 0 Å². The molecular formula is C16H24N2O3S. The third-order valence-corrected chi connectivity index (χ3v) is 4.38. The van der Waals surface area contributed by atoms with Gasteiger partial charge in [0, 0.05) is 19.1 Å². The Balaban J connectivity index is 1.79. The lowest BCUT2D eigenvalue weighted by Gasteiger charge is -2.28. The van der Waals surface area contributed by atoms with Crippen molar-refractivity contribution in [2.45, 2.75) is 45.3 Å². The third-order valence-electron chi connectivity index (χ3n) is 3.47. The predicted octanol–water partition coefficient (Wildman–Crippen LogP) is 2.92. The summed E-state index contributed by atoms with van der Waals surface area (Å²) in [5.41, 5.74) is -0.479. The van der Waals surface area contributed by atoms with Gasteiger partial charge in [-0.15, -0.1) is 11.3 Å². The van der Waals surface area contributed by atoms with E-state index in [1.165, 1.54) is 11.3 Å². The second-order valence-corrected chi connectivity index (χ2v) is 7.45. The molecule has 0 unspecified atom stereocenters. The van der Waals surface area contributed by atoms with Gasteiger partial charge in [-0.05, 0) is 45.1 Å². The molecule has 122 valence electrons. The number of Topliss-reactive ketones (excluding diaryl/α,β-unsaturated/α-hetero) is 1. The van der Waals surface area contributed by atoms with Gasteiger partial charge in [0.05, 0.1) is 11.4 Å². The van der Waals surface area contributed by atoms with Crippen LogP contribution in [0.4, 0.5) is 4.79 Å². The Labute approximate surface area is 135 Å². The van der Waals surface area contributed by atoms with Crippen LogP contribution in [-0.2, 0) is 4.74 Å². The van der Waals surface area contributed by atoms with Crippen molar-refractivity contribution in [3.63, 3.8) is 0 Å². The average Bonchev–Trinajstić information content (AvgIpc) is 3.08. The maximum Gasteiger partial charge on any atom is 0.410 e. The van der Waals surface area contributed by atoms with Crippen molar-refractivity contribution >= 4 is 23.2 Å². The van der Waals surface area contributed by atoms with E-state index in [-0.39, 0.29) is 17.9 Å². The van der Waals surface area contributed by atoms with Crippen molar-refractivity contribution in [1.29, 1.82) is 0 Å². The zero-order valence-electron chi connectivity index (χ0n) is 13.4. The highest BCUT2D eigenvalue weighted by atomic mass is 32.1. The second kappa shape index (κ2) is 7.24. The van der Waals surface area contributed by atoms with Crippen molar-refractivity contribution in [1.82, 2.24) is 10.2 Å². The van der Waals surface area contributed by atoms with Gasteiger partial charge in [0.25, 0.3) is 0 Å². The Hall–Kier alpha value is -1.40. The fraction of sp³-hybridized carbons (Fsp3) is 0.625. The number of hydrogen-bond acceptors (Lipinski definition) is 5. The molecule has 1 saturated heterocycles. The molecule has 5 nitrogen and oxygen atoms in total. The third kappa shape index (κ3) is 4.81. The van der Waals surface area contributed by atoms with E-state index < -0.39 is 5.60 Å². The molecule has 1 atom stereocenters. The zero-order valence-corrected chi connectivity index (χ0v) is 14.2. The highest BCUT2D eigenvalue weighted by Crippen LogP contribution is 2.20. The van der Waals surface area contributed by atoms with Crippen LogP contribution < -0.4 is 5.32 Å². The van der Waals surface area contributed by atoms with Gasteiger partial charge in [0.15, 0.2) is 5.78 Å². The normalized spacial score (nSPS) is 18.5. The number of carbonyl (C=O) groups is 2. The quantitative estimate of drug-likeness (QED) is 0.846. The number of nitrogens with zero attached hydrogens (tertiary/aromatic N) is 1. The Bertz CT molecular complexity index is 508. The Morgan fingerprint density at radius 3 is 2.86 bits per heavy atom. The molecule has 1 aromatic heterocycles. The van der Waals surface area contributed by atoms with Gasteiger partial charge in [0.2, 0.25) is 0 Å². The van der Waals surface area contributed by atoms with Crippen LogP contribution in [0.5, 0.6) is 0 Å².